The van der Waals surface area contributed by atoms with Crippen LogP contribution in [0.5, 0.6) is 11.5 Å². The van der Waals surface area contributed by atoms with Crippen LogP contribution in [0.3, 0.4) is 0 Å². The van der Waals surface area contributed by atoms with Crippen molar-refractivity contribution in [2.75, 3.05) is 35.5 Å². The van der Waals surface area contributed by atoms with Gasteiger partial charge in [-0.05, 0) is 17.7 Å². The van der Waals surface area contributed by atoms with Crippen molar-refractivity contribution >= 4 is 0 Å². The van der Waals surface area contributed by atoms with Crippen LogP contribution in [0.25, 0.3) is 0 Å². The molecule has 2 aromatic rings. The van der Waals surface area contributed by atoms with Gasteiger partial charge in [-0.1, -0.05) is 36.4 Å². The van der Waals surface area contributed by atoms with E-state index in [2.05, 4.69) is 0 Å². The number of methoxy groups -OCH3 is 5. The van der Waals surface area contributed by atoms with Crippen LogP contribution in [0.4, 0.5) is 0 Å². The molecule has 27 heavy (non-hydrogen) atoms. The molecule has 2 unspecified atom stereocenters. The van der Waals surface area contributed by atoms with E-state index in [9.17, 15) is 5.11 Å². The van der Waals surface area contributed by atoms with Crippen molar-refractivity contribution in [3.8, 4) is 11.5 Å². The molecular weight excluding hydrogens is 352 g/mol. The quantitative estimate of drug-likeness (QED) is 0.776. The molecule has 0 radical (unpaired) electrons. The zero-order valence-corrected chi connectivity index (χ0v) is 16.0. The third-order valence-electron chi connectivity index (χ3n) is 5.02. The van der Waals surface area contributed by atoms with E-state index < -0.39 is 17.4 Å². The predicted molar refractivity (Wildman–Crippen MR) is 96.4 cm³/mol. The van der Waals surface area contributed by atoms with E-state index in [0.29, 0.717) is 11.3 Å². The van der Waals surface area contributed by atoms with Crippen molar-refractivity contribution in [3.63, 3.8) is 0 Å². The Hall–Kier alpha value is -2.16. The Morgan fingerprint density at radius 2 is 1.44 bits per heavy atom. The molecule has 2 atom stereocenters. The second kappa shape index (κ2) is 7.10. The average molecular weight is 376 g/mol. The molecule has 0 spiro atoms. The van der Waals surface area contributed by atoms with Crippen LogP contribution < -0.4 is 9.47 Å². The Morgan fingerprint density at radius 1 is 0.778 bits per heavy atom. The summed E-state index contributed by atoms with van der Waals surface area (Å²) in [6.45, 7) is 0. The van der Waals surface area contributed by atoms with Gasteiger partial charge in [-0.25, -0.2) is 0 Å². The van der Waals surface area contributed by atoms with Crippen molar-refractivity contribution in [3.05, 3.63) is 59.7 Å². The molecule has 7 heteroatoms. The lowest BCUT2D eigenvalue weighted by Gasteiger charge is -2.56. The number of fused-ring (bicyclic) bond motifs is 1. The second-order valence-electron chi connectivity index (χ2n) is 6.00. The summed E-state index contributed by atoms with van der Waals surface area (Å²) >= 11 is 0. The lowest BCUT2D eigenvalue weighted by Crippen LogP contribution is -2.71. The Morgan fingerprint density at radius 3 is 1.96 bits per heavy atom. The van der Waals surface area contributed by atoms with Crippen molar-refractivity contribution < 1.29 is 33.5 Å². The van der Waals surface area contributed by atoms with Gasteiger partial charge in [0.15, 0.2) is 0 Å². The van der Waals surface area contributed by atoms with Crippen LogP contribution in [0.2, 0.25) is 0 Å². The van der Waals surface area contributed by atoms with Gasteiger partial charge < -0.3 is 33.5 Å². The van der Waals surface area contributed by atoms with Gasteiger partial charge >= 0.3 is 5.97 Å². The molecule has 1 aliphatic rings. The standard InChI is InChI=1S/C20H24O7/c1-22-15-12-9-13-16-17(15)19(21,24-3)18(23-2,14-10-7-6-8-11-14)20(25-4,26-5)27-16/h6-13,21H,1-5H3. The summed E-state index contributed by atoms with van der Waals surface area (Å²) in [4.78, 5) is 0. The lowest BCUT2D eigenvalue weighted by molar-refractivity contribution is -0.480. The molecule has 3 rings (SSSR count). The lowest BCUT2D eigenvalue weighted by atomic mass is 9.76. The topological polar surface area (TPSA) is 75.6 Å². The maximum Gasteiger partial charge on any atom is 0.368 e. The molecule has 0 amide bonds. The maximum absolute atomic E-state index is 11.9. The molecule has 0 aromatic heterocycles. The van der Waals surface area contributed by atoms with E-state index in [1.165, 1.54) is 35.5 Å². The Bertz CT molecular complexity index is 790. The van der Waals surface area contributed by atoms with Crippen LogP contribution in [-0.2, 0) is 30.3 Å². The van der Waals surface area contributed by atoms with Gasteiger partial charge in [0.1, 0.15) is 11.5 Å². The number of hydrogen-bond acceptors (Lipinski definition) is 7. The van der Waals surface area contributed by atoms with E-state index in [4.69, 9.17) is 28.4 Å². The highest BCUT2D eigenvalue weighted by Crippen LogP contribution is 2.60. The van der Waals surface area contributed by atoms with Gasteiger partial charge in [0.25, 0.3) is 0 Å². The molecule has 1 heterocycles. The minimum Gasteiger partial charge on any atom is -0.496 e. The van der Waals surface area contributed by atoms with Crippen LogP contribution in [0.15, 0.2) is 48.5 Å². The predicted octanol–water partition coefficient (Wildman–Crippen LogP) is 2.37. The minimum absolute atomic E-state index is 0.269. The monoisotopic (exact) mass is 376 g/mol. The molecule has 0 bridgehead atoms. The highest BCUT2D eigenvalue weighted by atomic mass is 16.9. The first-order valence-electron chi connectivity index (χ1n) is 8.35. The van der Waals surface area contributed by atoms with Gasteiger partial charge in [-0.2, -0.15) is 0 Å². The summed E-state index contributed by atoms with van der Waals surface area (Å²) in [5.74, 6) is -3.27. The van der Waals surface area contributed by atoms with Gasteiger partial charge in [-0.3, -0.25) is 0 Å². The van der Waals surface area contributed by atoms with Crippen LogP contribution in [-0.4, -0.2) is 46.6 Å². The van der Waals surface area contributed by atoms with Crippen molar-refractivity contribution in [2.45, 2.75) is 17.4 Å². The summed E-state index contributed by atoms with van der Waals surface area (Å²) in [7, 11) is 7.10. The molecule has 0 aliphatic carbocycles. The minimum atomic E-state index is -2.07. The van der Waals surface area contributed by atoms with Crippen LogP contribution >= 0.6 is 0 Å². The molecule has 0 saturated carbocycles. The molecule has 146 valence electrons. The van der Waals surface area contributed by atoms with E-state index in [1.54, 1.807) is 42.5 Å². The number of hydrogen-bond donors (Lipinski definition) is 1. The van der Waals surface area contributed by atoms with E-state index in [-0.39, 0.29) is 11.3 Å². The van der Waals surface area contributed by atoms with Crippen molar-refractivity contribution in [1.82, 2.24) is 0 Å². The fraction of sp³-hybridized carbons (Fsp3) is 0.400. The van der Waals surface area contributed by atoms with Crippen molar-refractivity contribution in [1.29, 1.82) is 0 Å². The molecule has 2 aromatic carbocycles. The normalized spacial score (nSPS) is 26.1. The Kier molecular flexibility index (Phi) is 5.16. The summed E-state index contributed by atoms with van der Waals surface area (Å²) in [5.41, 5.74) is -0.955. The summed E-state index contributed by atoms with van der Waals surface area (Å²) in [5, 5.41) is 11.9. The smallest absolute Gasteiger partial charge is 0.368 e. The molecular formula is C20H24O7. The van der Waals surface area contributed by atoms with Gasteiger partial charge in [0.05, 0.1) is 12.7 Å². The van der Waals surface area contributed by atoms with E-state index >= 15 is 0 Å². The van der Waals surface area contributed by atoms with Gasteiger partial charge in [0.2, 0.25) is 11.4 Å². The summed E-state index contributed by atoms with van der Waals surface area (Å²) in [6.07, 6.45) is 0. The molecule has 0 saturated heterocycles. The van der Waals surface area contributed by atoms with E-state index in [1.807, 2.05) is 6.07 Å². The highest BCUT2D eigenvalue weighted by Gasteiger charge is 2.74. The Balaban J connectivity index is 2.47. The van der Waals surface area contributed by atoms with Gasteiger partial charge in [0, 0.05) is 28.4 Å². The third-order valence-corrected chi connectivity index (χ3v) is 5.02. The fourth-order valence-corrected chi connectivity index (χ4v) is 3.83. The number of ether oxygens (including phenoxy) is 6. The highest BCUT2D eigenvalue weighted by molar-refractivity contribution is 5.53. The molecule has 7 nitrogen and oxygen atoms in total. The zero-order valence-electron chi connectivity index (χ0n) is 16.0. The number of aliphatic hydroxyl groups is 1. The fourth-order valence-electron chi connectivity index (χ4n) is 3.83. The zero-order chi connectivity index (χ0) is 19.7. The molecule has 1 N–H and O–H groups in total. The van der Waals surface area contributed by atoms with Gasteiger partial charge in [-0.15, -0.1) is 0 Å². The summed E-state index contributed by atoms with van der Waals surface area (Å²) in [6, 6.07) is 14.1. The summed E-state index contributed by atoms with van der Waals surface area (Å²) < 4.78 is 34.5. The van der Waals surface area contributed by atoms with Crippen LogP contribution in [0, 0.1) is 0 Å². The maximum atomic E-state index is 11.9. The average Bonchev–Trinajstić information content (AvgIpc) is 2.73. The van der Waals surface area contributed by atoms with Crippen LogP contribution in [0.1, 0.15) is 11.1 Å². The third kappa shape index (κ3) is 2.40. The SMILES string of the molecule is COc1cccc2c1C(O)(OC)C(OC)(c1ccccc1)C(OC)(OC)O2. The first kappa shape index (κ1) is 19.6. The number of rotatable bonds is 6. The van der Waals surface area contributed by atoms with E-state index in [0.717, 1.165) is 0 Å². The largest absolute Gasteiger partial charge is 0.496 e. The first-order chi connectivity index (χ1) is 13.0. The second-order valence-corrected chi connectivity index (χ2v) is 6.00. The van der Waals surface area contributed by atoms with Crippen molar-refractivity contribution in [2.24, 2.45) is 0 Å². The molecule has 0 fully saturated rings. The molecule has 1 aliphatic heterocycles. The Labute approximate surface area is 158 Å². The first-order valence-corrected chi connectivity index (χ1v) is 8.35. The number of benzene rings is 2.